The standard InChI is InChI=1S/C20H15Cl2NO3S/c1-2-26-20(25)17-18(24)16(11-12-5-3-4-6-15(12)22)27-19(17)23-14-9-7-13(21)8-10-14/h3-11,24H,2H2,1H3/b16-11-,23-19?. The lowest BCUT2D eigenvalue weighted by Gasteiger charge is -2.03. The Balaban J connectivity index is 2.05. The highest BCUT2D eigenvalue weighted by molar-refractivity contribution is 8.18. The van der Waals surface area contributed by atoms with Gasteiger partial charge in [0.1, 0.15) is 16.4 Å². The van der Waals surface area contributed by atoms with Gasteiger partial charge in [-0.3, -0.25) is 0 Å². The van der Waals surface area contributed by atoms with Gasteiger partial charge >= 0.3 is 5.97 Å². The first-order chi connectivity index (χ1) is 13.0. The van der Waals surface area contributed by atoms with Crippen molar-refractivity contribution in [3.05, 3.63) is 80.4 Å². The molecule has 2 aromatic carbocycles. The third-order valence-corrected chi connectivity index (χ3v) is 5.24. The topological polar surface area (TPSA) is 58.9 Å². The maximum Gasteiger partial charge on any atom is 0.344 e. The average molecular weight is 420 g/mol. The van der Waals surface area contributed by atoms with E-state index in [0.717, 1.165) is 5.56 Å². The summed E-state index contributed by atoms with van der Waals surface area (Å²) in [6.07, 6.45) is 1.71. The third kappa shape index (κ3) is 4.56. The van der Waals surface area contributed by atoms with E-state index >= 15 is 0 Å². The van der Waals surface area contributed by atoms with Crippen LogP contribution in [0.2, 0.25) is 10.0 Å². The van der Waals surface area contributed by atoms with Gasteiger partial charge in [0.05, 0.1) is 17.2 Å². The molecule has 0 saturated heterocycles. The fourth-order valence-electron chi connectivity index (χ4n) is 2.36. The van der Waals surface area contributed by atoms with Gasteiger partial charge in [-0.25, -0.2) is 9.79 Å². The van der Waals surface area contributed by atoms with Crippen LogP contribution in [0.5, 0.6) is 0 Å². The van der Waals surface area contributed by atoms with E-state index in [-0.39, 0.29) is 17.9 Å². The molecule has 1 aliphatic rings. The van der Waals surface area contributed by atoms with Crippen molar-refractivity contribution in [3.63, 3.8) is 0 Å². The number of aliphatic hydroxyl groups excluding tert-OH is 1. The van der Waals surface area contributed by atoms with E-state index in [0.29, 0.717) is 25.7 Å². The maximum atomic E-state index is 12.4. The molecular weight excluding hydrogens is 405 g/mol. The molecule has 1 heterocycles. The molecule has 27 heavy (non-hydrogen) atoms. The predicted octanol–water partition coefficient (Wildman–Crippen LogP) is 6.19. The zero-order valence-electron chi connectivity index (χ0n) is 14.3. The highest BCUT2D eigenvalue weighted by Crippen LogP contribution is 2.40. The van der Waals surface area contributed by atoms with E-state index in [2.05, 4.69) is 4.99 Å². The van der Waals surface area contributed by atoms with E-state index in [1.54, 1.807) is 43.3 Å². The second-order valence-electron chi connectivity index (χ2n) is 5.47. The summed E-state index contributed by atoms with van der Waals surface area (Å²) < 4.78 is 5.08. The number of nitrogens with zero attached hydrogens (tertiary/aromatic N) is 1. The Kier molecular flexibility index (Phi) is 6.26. The second kappa shape index (κ2) is 8.65. The molecule has 2 aromatic rings. The molecule has 0 fully saturated rings. The van der Waals surface area contributed by atoms with E-state index in [9.17, 15) is 9.90 Å². The molecule has 3 rings (SSSR count). The van der Waals surface area contributed by atoms with Gasteiger partial charge in [0.15, 0.2) is 0 Å². The molecule has 0 aliphatic carbocycles. The number of carbonyl (C=O) groups excluding carboxylic acids is 1. The summed E-state index contributed by atoms with van der Waals surface area (Å²) >= 11 is 13.3. The van der Waals surface area contributed by atoms with E-state index in [4.69, 9.17) is 27.9 Å². The molecule has 0 bridgehead atoms. The van der Waals surface area contributed by atoms with Gasteiger partial charge in [0, 0.05) is 10.0 Å². The smallest absolute Gasteiger partial charge is 0.344 e. The minimum absolute atomic E-state index is 0.0371. The molecular formula is C20H15Cl2NO3S. The lowest BCUT2D eigenvalue weighted by molar-refractivity contribution is -0.138. The quantitative estimate of drug-likeness (QED) is 0.600. The Morgan fingerprint density at radius 3 is 2.56 bits per heavy atom. The summed E-state index contributed by atoms with van der Waals surface area (Å²) in [5, 5.41) is 12.1. The largest absolute Gasteiger partial charge is 0.506 e. The molecule has 0 spiro atoms. The molecule has 0 aromatic heterocycles. The van der Waals surface area contributed by atoms with Crippen molar-refractivity contribution in [2.45, 2.75) is 6.92 Å². The monoisotopic (exact) mass is 419 g/mol. The van der Waals surface area contributed by atoms with Crippen molar-refractivity contribution in [1.29, 1.82) is 0 Å². The number of carbonyl (C=O) groups is 1. The SMILES string of the molecule is CCOC(=O)C1=C(O)/C(=C/c2ccccc2Cl)SC1=Nc1ccc(Cl)cc1. The van der Waals surface area contributed by atoms with Crippen molar-refractivity contribution >= 4 is 57.7 Å². The number of thioether (sulfide) groups is 1. The third-order valence-electron chi connectivity index (χ3n) is 3.62. The normalized spacial score (nSPS) is 17.0. The highest BCUT2D eigenvalue weighted by Gasteiger charge is 2.33. The predicted molar refractivity (Wildman–Crippen MR) is 112 cm³/mol. The number of ether oxygens (including phenoxy) is 1. The van der Waals surface area contributed by atoms with Crippen molar-refractivity contribution in [1.82, 2.24) is 0 Å². The molecule has 0 atom stereocenters. The molecule has 0 unspecified atom stereocenters. The lowest BCUT2D eigenvalue weighted by Crippen LogP contribution is -2.12. The van der Waals surface area contributed by atoms with Crippen LogP contribution in [0.25, 0.3) is 6.08 Å². The molecule has 0 saturated carbocycles. The second-order valence-corrected chi connectivity index (χ2v) is 7.34. The first kappa shape index (κ1) is 19.5. The molecule has 1 N–H and O–H groups in total. The molecule has 7 heteroatoms. The molecule has 4 nitrogen and oxygen atoms in total. The Bertz CT molecular complexity index is 965. The molecule has 0 radical (unpaired) electrons. The number of aliphatic imine (C=N–C) groups is 1. The van der Waals surface area contributed by atoms with Crippen molar-refractivity contribution in [3.8, 4) is 0 Å². The molecule has 0 amide bonds. The average Bonchev–Trinajstić information content (AvgIpc) is 2.94. The van der Waals surface area contributed by atoms with Gasteiger partial charge in [-0.2, -0.15) is 0 Å². The number of aliphatic hydroxyl groups is 1. The summed E-state index contributed by atoms with van der Waals surface area (Å²) in [5.74, 6) is -0.802. The van der Waals surface area contributed by atoms with Crippen LogP contribution in [-0.2, 0) is 9.53 Å². The van der Waals surface area contributed by atoms with Crippen LogP contribution in [0, 0.1) is 0 Å². The van der Waals surface area contributed by atoms with E-state index < -0.39 is 5.97 Å². The van der Waals surface area contributed by atoms with Crippen LogP contribution in [0.4, 0.5) is 5.69 Å². The van der Waals surface area contributed by atoms with Gasteiger partial charge in [-0.05, 0) is 48.9 Å². The Hall–Kier alpha value is -2.21. The number of rotatable bonds is 4. The fourth-order valence-corrected chi connectivity index (χ4v) is 3.70. The first-order valence-corrected chi connectivity index (χ1v) is 9.66. The minimum atomic E-state index is -0.627. The fraction of sp³-hybridized carbons (Fsp3) is 0.100. The summed E-state index contributed by atoms with van der Waals surface area (Å²) in [6.45, 7) is 1.90. The number of benzene rings is 2. The Morgan fingerprint density at radius 2 is 1.89 bits per heavy atom. The summed E-state index contributed by atoms with van der Waals surface area (Å²) in [7, 11) is 0. The zero-order valence-corrected chi connectivity index (χ0v) is 16.6. The van der Waals surface area contributed by atoms with Gasteiger partial charge in [-0.1, -0.05) is 53.2 Å². The van der Waals surface area contributed by atoms with E-state index in [1.807, 2.05) is 18.2 Å². The van der Waals surface area contributed by atoms with Crippen molar-refractivity contribution in [2.24, 2.45) is 4.99 Å². The summed E-state index contributed by atoms with van der Waals surface area (Å²) in [4.78, 5) is 17.3. The Labute approximate surface area is 171 Å². The van der Waals surface area contributed by atoms with Crippen LogP contribution in [0.3, 0.4) is 0 Å². The Morgan fingerprint density at radius 1 is 1.19 bits per heavy atom. The van der Waals surface area contributed by atoms with E-state index in [1.165, 1.54) is 11.8 Å². The van der Waals surface area contributed by atoms with Crippen LogP contribution in [0.15, 0.2) is 69.8 Å². The van der Waals surface area contributed by atoms with Gasteiger partial charge in [-0.15, -0.1) is 0 Å². The number of hydrogen-bond donors (Lipinski definition) is 1. The van der Waals surface area contributed by atoms with Crippen LogP contribution >= 0.6 is 35.0 Å². The first-order valence-electron chi connectivity index (χ1n) is 8.09. The molecule has 138 valence electrons. The van der Waals surface area contributed by atoms with Crippen molar-refractivity contribution in [2.75, 3.05) is 6.61 Å². The minimum Gasteiger partial charge on any atom is -0.506 e. The summed E-state index contributed by atoms with van der Waals surface area (Å²) in [6, 6.07) is 14.1. The van der Waals surface area contributed by atoms with Crippen LogP contribution in [0.1, 0.15) is 12.5 Å². The van der Waals surface area contributed by atoms with Crippen molar-refractivity contribution < 1.29 is 14.6 Å². The van der Waals surface area contributed by atoms with Crippen LogP contribution in [-0.4, -0.2) is 22.7 Å². The van der Waals surface area contributed by atoms with Gasteiger partial charge in [0.2, 0.25) is 0 Å². The number of hydrogen-bond acceptors (Lipinski definition) is 5. The van der Waals surface area contributed by atoms with Gasteiger partial charge in [0.25, 0.3) is 0 Å². The summed E-state index contributed by atoms with van der Waals surface area (Å²) in [5.41, 5.74) is 1.37. The molecule has 1 aliphatic heterocycles. The maximum absolute atomic E-state index is 12.4. The lowest BCUT2D eigenvalue weighted by atomic mass is 10.1. The highest BCUT2D eigenvalue weighted by atomic mass is 35.5. The van der Waals surface area contributed by atoms with Gasteiger partial charge < -0.3 is 9.84 Å². The number of halogens is 2. The number of esters is 1. The zero-order chi connectivity index (χ0) is 19.4. The van der Waals surface area contributed by atoms with Crippen LogP contribution < -0.4 is 0 Å².